The number of quaternary nitrogens is 1. The summed E-state index contributed by atoms with van der Waals surface area (Å²) in [5.74, 6) is -1.82. The Morgan fingerprint density at radius 3 is 2.06 bits per heavy atom. The summed E-state index contributed by atoms with van der Waals surface area (Å²) in [6, 6.07) is 6.18. The molecule has 0 radical (unpaired) electrons. The lowest BCUT2D eigenvalue weighted by Crippen LogP contribution is -2.65. The van der Waals surface area contributed by atoms with E-state index in [0.29, 0.717) is 12.0 Å². The summed E-state index contributed by atoms with van der Waals surface area (Å²) in [5, 5.41) is 17.2. The van der Waals surface area contributed by atoms with E-state index in [-0.39, 0.29) is 6.42 Å². The maximum absolute atomic E-state index is 10.6. The number of carbonyl (C=O) groups is 2. The van der Waals surface area contributed by atoms with Crippen molar-refractivity contribution in [3.8, 4) is 0 Å². The molecular formula is C11H14NO4+. The van der Waals surface area contributed by atoms with Crippen LogP contribution in [0, 0.1) is 0 Å². The molecule has 16 heavy (non-hydrogen) atoms. The predicted molar refractivity (Wildman–Crippen MR) is 55.8 cm³/mol. The molecule has 1 aromatic rings. The van der Waals surface area contributed by atoms with Crippen molar-refractivity contribution in [3.05, 3.63) is 35.4 Å². The molecule has 0 saturated heterocycles. The minimum Gasteiger partial charge on any atom is -0.481 e. The highest BCUT2D eigenvalue weighted by Crippen LogP contribution is 2.06. The summed E-state index contributed by atoms with van der Waals surface area (Å²) in [7, 11) is 0. The largest absolute Gasteiger partial charge is 0.481 e. The van der Waals surface area contributed by atoms with Crippen molar-refractivity contribution in [2.75, 3.05) is 0 Å². The van der Waals surface area contributed by atoms with Crippen molar-refractivity contribution < 1.29 is 25.5 Å². The maximum atomic E-state index is 10.6. The first-order valence-corrected chi connectivity index (χ1v) is 4.84. The van der Waals surface area contributed by atoms with Gasteiger partial charge in [-0.05, 0) is 11.1 Å². The number of carboxylic acids is 2. The lowest BCUT2D eigenvalue weighted by atomic mass is 10.0. The molecule has 5 heteroatoms. The monoisotopic (exact) mass is 224 g/mol. The van der Waals surface area contributed by atoms with Gasteiger partial charge in [-0.25, -0.2) is 4.79 Å². The number of rotatable bonds is 5. The molecule has 0 fully saturated rings. The SMILES string of the molecule is [NH3+][C@@H](Cc1ccc(CC(=O)O)cc1)C(=O)O. The fraction of sp³-hybridized carbons (Fsp3) is 0.273. The van der Waals surface area contributed by atoms with E-state index in [4.69, 9.17) is 10.2 Å². The minimum atomic E-state index is -0.936. The quantitative estimate of drug-likeness (QED) is 0.630. The molecule has 0 unspecified atom stereocenters. The average Bonchev–Trinajstić information content (AvgIpc) is 2.20. The molecule has 0 aromatic heterocycles. The number of benzene rings is 1. The van der Waals surface area contributed by atoms with E-state index < -0.39 is 18.0 Å². The van der Waals surface area contributed by atoms with Gasteiger partial charge in [-0.15, -0.1) is 0 Å². The first-order chi connectivity index (χ1) is 7.49. The van der Waals surface area contributed by atoms with Gasteiger partial charge >= 0.3 is 11.9 Å². The third kappa shape index (κ3) is 3.70. The van der Waals surface area contributed by atoms with Crippen LogP contribution in [-0.4, -0.2) is 28.2 Å². The molecule has 5 N–H and O–H groups in total. The molecule has 1 atom stereocenters. The Hall–Kier alpha value is -1.88. The van der Waals surface area contributed by atoms with Crippen LogP contribution < -0.4 is 5.73 Å². The molecule has 0 bridgehead atoms. The van der Waals surface area contributed by atoms with Gasteiger partial charge in [0, 0.05) is 6.42 Å². The number of carboxylic acid groups (broad SMARTS) is 2. The van der Waals surface area contributed by atoms with E-state index in [1.165, 1.54) is 0 Å². The Morgan fingerprint density at radius 2 is 1.62 bits per heavy atom. The van der Waals surface area contributed by atoms with E-state index in [2.05, 4.69) is 5.73 Å². The van der Waals surface area contributed by atoms with Crippen LogP contribution in [0.4, 0.5) is 0 Å². The molecule has 0 aliphatic rings. The molecule has 5 nitrogen and oxygen atoms in total. The Balaban J connectivity index is 2.64. The molecule has 1 rings (SSSR count). The van der Waals surface area contributed by atoms with Crippen molar-refractivity contribution in [1.29, 1.82) is 0 Å². The zero-order valence-electron chi connectivity index (χ0n) is 8.72. The Bertz CT molecular complexity index is 385. The topological polar surface area (TPSA) is 102 Å². The Kier molecular flexibility index (Phi) is 4.02. The van der Waals surface area contributed by atoms with Crippen LogP contribution in [-0.2, 0) is 22.4 Å². The highest BCUT2D eigenvalue weighted by atomic mass is 16.4. The van der Waals surface area contributed by atoms with Crippen LogP contribution in [0.1, 0.15) is 11.1 Å². The third-order valence-corrected chi connectivity index (χ3v) is 2.21. The molecule has 0 aliphatic carbocycles. The summed E-state index contributed by atoms with van der Waals surface area (Å²) < 4.78 is 0. The van der Waals surface area contributed by atoms with Crippen LogP contribution in [0.5, 0.6) is 0 Å². The smallest absolute Gasteiger partial charge is 0.362 e. The minimum absolute atomic E-state index is 0.0208. The van der Waals surface area contributed by atoms with Gasteiger partial charge in [-0.3, -0.25) is 4.79 Å². The summed E-state index contributed by atoms with van der Waals surface area (Å²) in [6.45, 7) is 0. The Morgan fingerprint density at radius 1 is 1.12 bits per heavy atom. The van der Waals surface area contributed by atoms with Crippen molar-refractivity contribution in [3.63, 3.8) is 0 Å². The van der Waals surface area contributed by atoms with Crippen LogP contribution in [0.25, 0.3) is 0 Å². The van der Waals surface area contributed by atoms with Gasteiger partial charge in [-0.1, -0.05) is 24.3 Å². The van der Waals surface area contributed by atoms with Crippen molar-refractivity contribution in [2.45, 2.75) is 18.9 Å². The zero-order chi connectivity index (χ0) is 12.1. The second kappa shape index (κ2) is 5.27. The average molecular weight is 224 g/mol. The van der Waals surface area contributed by atoms with Crippen LogP contribution in [0.2, 0.25) is 0 Å². The molecular weight excluding hydrogens is 210 g/mol. The van der Waals surface area contributed by atoms with Crippen LogP contribution >= 0.6 is 0 Å². The highest BCUT2D eigenvalue weighted by molar-refractivity contribution is 5.72. The van der Waals surface area contributed by atoms with Gasteiger partial charge in [0.15, 0.2) is 6.04 Å². The van der Waals surface area contributed by atoms with Crippen molar-refractivity contribution in [1.82, 2.24) is 0 Å². The molecule has 0 saturated carbocycles. The zero-order valence-corrected chi connectivity index (χ0v) is 8.72. The van der Waals surface area contributed by atoms with Gasteiger partial charge in [0.1, 0.15) is 0 Å². The van der Waals surface area contributed by atoms with Crippen molar-refractivity contribution in [2.24, 2.45) is 0 Å². The molecule has 86 valence electrons. The number of aliphatic carboxylic acids is 2. The van der Waals surface area contributed by atoms with Crippen LogP contribution in [0.15, 0.2) is 24.3 Å². The summed E-state index contributed by atoms with van der Waals surface area (Å²) in [5.41, 5.74) is 5.06. The van der Waals surface area contributed by atoms with Gasteiger partial charge in [0.2, 0.25) is 0 Å². The van der Waals surface area contributed by atoms with Gasteiger partial charge in [-0.2, -0.15) is 0 Å². The van der Waals surface area contributed by atoms with Crippen LogP contribution in [0.3, 0.4) is 0 Å². The second-order valence-electron chi connectivity index (χ2n) is 3.63. The summed E-state index contributed by atoms with van der Waals surface area (Å²) in [4.78, 5) is 21.0. The standard InChI is InChI=1S/C11H13NO4/c12-9(11(15)16)5-7-1-3-8(4-2-7)6-10(13)14/h1-4,9H,5-6,12H2,(H,13,14)(H,15,16)/p+1/t9-/m0/s1. The predicted octanol–water partition coefficient (Wildman–Crippen LogP) is -0.449. The second-order valence-corrected chi connectivity index (χ2v) is 3.63. The first kappa shape index (κ1) is 12.2. The van der Waals surface area contributed by atoms with E-state index in [1.807, 2.05) is 0 Å². The Labute approximate surface area is 92.5 Å². The highest BCUT2D eigenvalue weighted by Gasteiger charge is 2.15. The lowest BCUT2D eigenvalue weighted by molar-refractivity contribution is -0.407. The van der Waals surface area contributed by atoms with Crippen molar-refractivity contribution >= 4 is 11.9 Å². The van der Waals surface area contributed by atoms with E-state index >= 15 is 0 Å². The molecule has 0 aliphatic heterocycles. The summed E-state index contributed by atoms with van der Waals surface area (Å²) in [6.07, 6.45) is 0.329. The normalized spacial score (nSPS) is 12.1. The molecule has 0 heterocycles. The number of hydrogen-bond donors (Lipinski definition) is 3. The van der Waals surface area contributed by atoms with E-state index in [0.717, 1.165) is 5.56 Å². The van der Waals surface area contributed by atoms with Gasteiger partial charge in [0.25, 0.3) is 0 Å². The fourth-order valence-electron chi connectivity index (χ4n) is 1.34. The fourth-order valence-corrected chi connectivity index (χ4v) is 1.34. The molecule has 0 amide bonds. The third-order valence-electron chi connectivity index (χ3n) is 2.21. The first-order valence-electron chi connectivity index (χ1n) is 4.84. The van der Waals surface area contributed by atoms with E-state index in [1.54, 1.807) is 24.3 Å². The van der Waals surface area contributed by atoms with Gasteiger partial charge in [0.05, 0.1) is 6.42 Å². The maximum Gasteiger partial charge on any atom is 0.362 e. The number of hydrogen-bond acceptors (Lipinski definition) is 2. The molecule has 1 aromatic carbocycles. The molecule has 0 spiro atoms. The lowest BCUT2D eigenvalue weighted by Gasteiger charge is -2.04. The summed E-state index contributed by atoms with van der Waals surface area (Å²) >= 11 is 0. The van der Waals surface area contributed by atoms with Gasteiger partial charge < -0.3 is 15.9 Å². The van der Waals surface area contributed by atoms with E-state index in [9.17, 15) is 9.59 Å².